The summed E-state index contributed by atoms with van der Waals surface area (Å²) in [5.74, 6) is -2.62. The summed E-state index contributed by atoms with van der Waals surface area (Å²) in [7, 11) is -3.67. The summed E-state index contributed by atoms with van der Waals surface area (Å²) in [6, 6.07) is 5.65. The van der Waals surface area contributed by atoms with E-state index in [4.69, 9.17) is 5.11 Å². The lowest BCUT2D eigenvalue weighted by molar-refractivity contribution is -0.137. The van der Waals surface area contributed by atoms with E-state index in [2.05, 4.69) is 5.32 Å². The second kappa shape index (κ2) is 7.00. The highest BCUT2D eigenvalue weighted by molar-refractivity contribution is 7.94. The maximum Gasteiger partial charge on any atom is 0.303 e. The van der Waals surface area contributed by atoms with Gasteiger partial charge in [-0.25, -0.2) is 12.7 Å². The standard InChI is InChI=1S/C15H18N2O6S/c1-10-9-24(22,23)17(15(10)21)12-6-4-11(5-7-12)14(20)16-8-2-3-13(18)19/h4-7,10H,2-3,8-9H2,1H3,(H,16,20)(H,18,19)/t10-/m0/s1. The Balaban J connectivity index is 2.04. The van der Waals surface area contributed by atoms with Crippen molar-refractivity contribution in [1.82, 2.24) is 5.32 Å². The second-order valence-electron chi connectivity index (χ2n) is 5.58. The van der Waals surface area contributed by atoms with E-state index in [0.29, 0.717) is 12.0 Å². The number of carboxylic acid groups (broad SMARTS) is 1. The number of sulfonamides is 1. The van der Waals surface area contributed by atoms with Crippen molar-refractivity contribution in [2.45, 2.75) is 19.8 Å². The monoisotopic (exact) mass is 354 g/mol. The fraction of sp³-hybridized carbons (Fsp3) is 0.400. The van der Waals surface area contributed by atoms with Gasteiger partial charge >= 0.3 is 5.97 Å². The Hall–Kier alpha value is -2.42. The number of benzene rings is 1. The number of rotatable bonds is 6. The van der Waals surface area contributed by atoms with E-state index in [1.54, 1.807) is 6.92 Å². The average Bonchev–Trinajstić information content (AvgIpc) is 2.71. The lowest BCUT2D eigenvalue weighted by Crippen LogP contribution is -2.30. The van der Waals surface area contributed by atoms with Gasteiger partial charge in [0.2, 0.25) is 15.9 Å². The molecule has 0 radical (unpaired) electrons. The number of nitrogens with zero attached hydrogens (tertiary/aromatic N) is 1. The van der Waals surface area contributed by atoms with E-state index in [1.807, 2.05) is 0 Å². The van der Waals surface area contributed by atoms with Crippen molar-refractivity contribution in [1.29, 1.82) is 0 Å². The number of carbonyl (C=O) groups excluding carboxylic acids is 2. The molecule has 2 amide bonds. The predicted octanol–water partition coefficient (Wildman–Crippen LogP) is 0.594. The summed E-state index contributed by atoms with van der Waals surface area (Å²) in [6.45, 7) is 1.78. The molecule has 2 N–H and O–H groups in total. The number of amides is 2. The Morgan fingerprint density at radius 3 is 2.42 bits per heavy atom. The highest BCUT2D eigenvalue weighted by Crippen LogP contribution is 2.28. The minimum atomic E-state index is -3.67. The summed E-state index contributed by atoms with van der Waals surface area (Å²) in [5.41, 5.74) is 0.498. The molecular formula is C15H18N2O6S. The molecule has 0 saturated carbocycles. The molecule has 1 atom stereocenters. The minimum Gasteiger partial charge on any atom is -0.481 e. The molecule has 1 saturated heterocycles. The quantitative estimate of drug-likeness (QED) is 0.722. The minimum absolute atomic E-state index is 0.0354. The number of nitrogens with one attached hydrogen (secondary N) is 1. The van der Waals surface area contributed by atoms with Crippen LogP contribution in [0.4, 0.5) is 5.69 Å². The predicted molar refractivity (Wildman–Crippen MR) is 86.1 cm³/mol. The molecule has 24 heavy (non-hydrogen) atoms. The largest absolute Gasteiger partial charge is 0.481 e. The van der Waals surface area contributed by atoms with Crippen LogP contribution in [0.2, 0.25) is 0 Å². The second-order valence-corrected chi connectivity index (χ2v) is 7.44. The number of carbonyl (C=O) groups is 3. The number of hydrogen-bond acceptors (Lipinski definition) is 5. The molecule has 0 aliphatic carbocycles. The first-order valence-corrected chi connectivity index (χ1v) is 9.00. The van der Waals surface area contributed by atoms with Gasteiger partial charge in [0.15, 0.2) is 0 Å². The fourth-order valence-corrected chi connectivity index (χ4v) is 4.20. The van der Waals surface area contributed by atoms with E-state index >= 15 is 0 Å². The van der Waals surface area contributed by atoms with Gasteiger partial charge in [-0.2, -0.15) is 0 Å². The third kappa shape index (κ3) is 3.91. The Kier molecular flexibility index (Phi) is 5.23. The van der Waals surface area contributed by atoms with Gasteiger partial charge in [-0.05, 0) is 30.7 Å². The van der Waals surface area contributed by atoms with Crippen molar-refractivity contribution in [3.05, 3.63) is 29.8 Å². The molecule has 1 aliphatic rings. The molecule has 0 bridgehead atoms. The lowest BCUT2D eigenvalue weighted by atomic mass is 10.1. The van der Waals surface area contributed by atoms with Crippen LogP contribution < -0.4 is 9.62 Å². The molecule has 1 aromatic carbocycles. The third-order valence-corrected chi connectivity index (χ3v) is 5.45. The molecule has 9 heteroatoms. The summed E-state index contributed by atoms with van der Waals surface area (Å²) in [4.78, 5) is 34.3. The normalized spacial score (nSPS) is 19.3. The van der Waals surface area contributed by atoms with Crippen molar-refractivity contribution < 1.29 is 27.9 Å². The van der Waals surface area contributed by atoms with Crippen LogP contribution in [0, 0.1) is 5.92 Å². The molecule has 2 rings (SSSR count). The van der Waals surface area contributed by atoms with Gasteiger partial charge in [-0.15, -0.1) is 0 Å². The smallest absolute Gasteiger partial charge is 0.303 e. The Bertz CT molecular complexity index is 757. The number of aliphatic carboxylic acids is 1. The van der Waals surface area contributed by atoms with Gasteiger partial charge in [0.25, 0.3) is 5.91 Å². The van der Waals surface area contributed by atoms with E-state index in [-0.39, 0.29) is 24.4 Å². The van der Waals surface area contributed by atoms with Crippen LogP contribution in [-0.4, -0.2) is 43.6 Å². The molecule has 1 fully saturated rings. The van der Waals surface area contributed by atoms with Crippen molar-refractivity contribution in [2.24, 2.45) is 5.92 Å². The van der Waals surface area contributed by atoms with Gasteiger partial charge in [0, 0.05) is 18.5 Å². The van der Waals surface area contributed by atoms with Crippen LogP contribution in [0.1, 0.15) is 30.1 Å². The zero-order valence-electron chi connectivity index (χ0n) is 13.1. The van der Waals surface area contributed by atoms with Crippen LogP contribution in [0.3, 0.4) is 0 Å². The van der Waals surface area contributed by atoms with Crippen molar-refractivity contribution in [3.8, 4) is 0 Å². The number of hydrogen-bond donors (Lipinski definition) is 2. The van der Waals surface area contributed by atoms with Gasteiger partial charge in [-0.1, -0.05) is 6.92 Å². The topological polar surface area (TPSA) is 121 Å². The molecule has 0 unspecified atom stereocenters. The van der Waals surface area contributed by atoms with Gasteiger partial charge in [0.05, 0.1) is 17.4 Å². The molecular weight excluding hydrogens is 336 g/mol. The molecule has 1 aromatic rings. The van der Waals surface area contributed by atoms with Crippen molar-refractivity contribution >= 4 is 33.5 Å². The summed E-state index contributed by atoms with van der Waals surface area (Å²) < 4.78 is 24.8. The highest BCUT2D eigenvalue weighted by atomic mass is 32.2. The van der Waals surface area contributed by atoms with E-state index in [1.165, 1.54) is 24.3 Å². The van der Waals surface area contributed by atoms with Crippen molar-refractivity contribution in [3.63, 3.8) is 0 Å². The van der Waals surface area contributed by atoms with Crippen LogP contribution in [0.5, 0.6) is 0 Å². The molecule has 0 aromatic heterocycles. The first-order chi connectivity index (χ1) is 11.2. The molecule has 1 heterocycles. The van der Waals surface area contributed by atoms with Gasteiger partial charge < -0.3 is 10.4 Å². The average molecular weight is 354 g/mol. The molecule has 0 spiro atoms. The van der Waals surface area contributed by atoms with Crippen LogP contribution in [-0.2, 0) is 19.6 Å². The zero-order chi connectivity index (χ0) is 17.9. The SMILES string of the molecule is C[C@H]1CS(=O)(=O)N(c2ccc(C(=O)NCCCC(=O)O)cc2)C1=O. The Morgan fingerprint density at radius 1 is 1.29 bits per heavy atom. The van der Waals surface area contributed by atoms with Gasteiger partial charge in [-0.3, -0.25) is 14.4 Å². The van der Waals surface area contributed by atoms with Crippen LogP contribution in [0.15, 0.2) is 24.3 Å². The Morgan fingerprint density at radius 2 is 1.92 bits per heavy atom. The maximum absolute atomic E-state index is 12.0. The number of anilines is 1. The fourth-order valence-electron chi connectivity index (χ4n) is 2.38. The third-order valence-electron chi connectivity index (χ3n) is 3.58. The lowest BCUT2D eigenvalue weighted by Gasteiger charge is -2.15. The first-order valence-electron chi connectivity index (χ1n) is 7.39. The van der Waals surface area contributed by atoms with E-state index in [9.17, 15) is 22.8 Å². The summed E-state index contributed by atoms with van der Waals surface area (Å²) in [5, 5.41) is 11.1. The highest BCUT2D eigenvalue weighted by Gasteiger charge is 2.41. The molecule has 1 aliphatic heterocycles. The van der Waals surface area contributed by atoms with Crippen molar-refractivity contribution in [2.75, 3.05) is 16.6 Å². The maximum atomic E-state index is 12.0. The van der Waals surface area contributed by atoms with E-state index < -0.39 is 33.7 Å². The zero-order valence-corrected chi connectivity index (χ0v) is 13.9. The summed E-state index contributed by atoms with van der Waals surface area (Å²) in [6.07, 6.45) is 0.282. The van der Waals surface area contributed by atoms with Gasteiger partial charge in [0.1, 0.15) is 0 Å². The van der Waals surface area contributed by atoms with Crippen LogP contribution in [0.25, 0.3) is 0 Å². The Labute approximate surface area is 139 Å². The number of carboxylic acids is 1. The van der Waals surface area contributed by atoms with Crippen LogP contribution >= 0.6 is 0 Å². The molecule has 130 valence electrons. The molecule has 8 nitrogen and oxygen atoms in total. The van der Waals surface area contributed by atoms with E-state index in [0.717, 1.165) is 4.31 Å². The first kappa shape index (κ1) is 17.9. The summed E-state index contributed by atoms with van der Waals surface area (Å²) >= 11 is 0.